The summed E-state index contributed by atoms with van der Waals surface area (Å²) >= 11 is 3.02. The second kappa shape index (κ2) is 5.18. The van der Waals surface area contributed by atoms with Gasteiger partial charge in [-0.05, 0) is 40.8 Å². The van der Waals surface area contributed by atoms with Crippen LogP contribution in [0.4, 0.5) is 10.8 Å². The van der Waals surface area contributed by atoms with Gasteiger partial charge in [0.15, 0.2) is 16.6 Å². The predicted octanol–water partition coefficient (Wildman–Crippen LogP) is 2.80. The maximum Gasteiger partial charge on any atom is 0.197 e. The standard InChI is InChI=1S/C10H13N3OS2/c1-2-14-8-9(11)13-16-10(8)12-5-7-3-4-15-6-7/h3-4,6,12H,2,5H2,1H3,(H2,11,13). The summed E-state index contributed by atoms with van der Waals surface area (Å²) in [4.78, 5) is 0. The molecular formula is C10H13N3OS2. The zero-order chi connectivity index (χ0) is 11.4. The number of hydrogen-bond donors (Lipinski definition) is 2. The number of aromatic nitrogens is 1. The van der Waals surface area contributed by atoms with E-state index < -0.39 is 0 Å². The highest BCUT2D eigenvalue weighted by molar-refractivity contribution is 7.11. The molecule has 0 radical (unpaired) electrons. The molecule has 0 aliphatic heterocycles. The van der Waals surface area contributed by atoms with Crippen LogP contribution >= 0.6 is 22.9 Å². The maximum absolute atomic E-state index is 5.71. The summed E-state index contributed by atoms with van der Waals surface area (Å²) in [5.41, 5.74) is 6.96. The zero-order valence-corrected chi connectivity index (χ0v) is 10.5. The molecule has 0 atom stereocenters. The lowest BCUT2D eigenvalue weighted by atomic mass is 10.3. The van der Waals surface area contributed by atoms with Gasteiger partial charge in [-0.3, -0.25) is 0 Å². The van der Waals surface area contributed by atoms with Gasteiger partial charge in [0.1, 0.15) is 0 Å². The lowest BCUT2D eigenvalue weighted by Crippen LogP contribution is -2.00. The number of thiophene rings is 1. The Kier molecular flexibility index (Phi) is 3.63. The number of nitrogens with two attached hydrogens (primary N) is 1. The Morgan fingerprint density at radius 2 is 2.44 bits per heavy atom. The van der Waals surface area contributed by atoms with E-state index in [0.29, 0.717) is 18.2 Å². The first kappa shape index (κ1) is 11.2. The number of anilines is 2. The van der Waals surface area contributed by atoms with E-state index in [1.54, 1.807) is 11.3 Å². The van der Waals surface area contributed by atoms with Crippen LogP contribution in [-0.2, 0) is 6.54 Å². The van der Waals surface area contributed by atoms with Gasteiger partial charge < -0.3 is 15.8 Å². The van der Waals surface area contributed by atoms with Crippen molar-refractivity contribution in [2.24, 2.45) is 0 Å². The van der Waals surface area contributed by atoms with Crippen LogP contribution in [0.15, 0.2) is 16.8 Å². The molecule has 0 bridgehead atoms. The third kappa shape index (κ3) is 2.45. The van der Waals surface area contributed by atoms with E-state index in [9.17, 15) is 0 Å². The first-order valence-electron chi connectivity index (χ1n) is 4.94. The van der Waals surface area contributed by atoms with Crippen LogP contribution < -0.4 is 15.8 Å². The first-order chi connectivity index (χ1) is 7.81. The van der Waals surface area contributed by atoms with Crippen LogP contribution in [0.3, 0.4) is 0 Å². The van der Waals surface area contributed by atoms with Crippen LogP contribution in [0.25, 0.3) is 0 Å². The third-order valence-corrected chi connectivity index (χ3v) is 3.53. The predicted molar refractivity (Wildman–Crippen MR) is 69.3 cm³/mol. The van der Waals surface area contributed by atoms with Gasteiger partial charge in [-0.15, -0.1) is 0 Å². The van der Waals surface area contributed by atoms with Crippen molar-refractivity contribution >= 4 is 33.7 Å². The van der Waals surface area contributed by atoms with Gasteiger partial charge in [0.05, 0.1) is 6.61 Å². The second-order valence-corrected chi connectivity index (χ2v) is 4.70. The molecule has 0 saturated heterocycles. The van der Waals surface area contributed by atoms with Crippen molar-refractivity contribution in [3.8, 4) is 5.75 Å². The average molecular weight is 255 g/mol. The van der Waals surface area contributed by atoms with Crippen molar-refractivity contribution in [3.05, 3.63) is 22.4 Å². The minimum absolute atomic E-state index is 0.458. The quantitative estimate of drug-likeness (QED) is 0.862. The van der Waals surface area contributed by atoms with Gasteiger partial charge in [-0.25, -0.2) is 0 Å². The fraction of sp³-hybridized carbons (Fsp3) is 0.300. The van der Waals surface area contributed by atoms with E-state index in [1.807, 2.05) is 6.92 Å². The van der Waals surface area contributed by atoms with Gasteiger partial charge in [0.25, 0.3) is 0 Å². The van der Waals surface area contributed by atoms with Crippen LogP contribution in [0, 0.1) is 0 Å². The van der Waals surface area contributed by atoms with Crippen LogP contribution in [0.2, 0.25) is 0 Å². The Morgan fingerprint density at radius 3 is 3.12 bits per heavy atom. The van der Waals surface area contributed by atoms with Gasteiger partial charge in [0, 0.05) is 6.54 Å². The SMILES string of the molecule is CCOc1c(N)nsc1NCc1ccsc1. The van der Waals surface area contributed by atoms with E-state index in [2.05, 4.69) is 26.5 Å². The monoisotopic (exact) mass is 255 g/mol. The third-order valence-electron chi connectivity index (χ3n) is 2.00. The summed E-state index contributed by atoms with van der Waals surface area (Å²) in [6.45, 7) is 3.29. The Balaban J connectivity index is 2.03. The lowest BCUT2D eigenvalue weighted by Gasteiger charge is -2.06. The molecular weight excluding hydrogens is 242 g/mol. The van der Waals surface area contributed by atoms with Gasteiger partial charge >= 0.3 is 0 Å². The maximum atomic E-state index is 5.71. The van der Waals surface area contributed by atoms with Gasteiger partial charge in [0.2, 0.25) is 0 Å². The van der Waals surface area contributed by atoms with Crippen LogP contribution in [0.5, 0.6) is 5.75 Å². The molecule has 3 N–H and O–H groups in total. The number of nitrogens with zero attached hydrogens (tertiary/aromatic N) is 1. The molecule has 0 aliphatic rings. The molecule has 0 aromatic carbocycles. The molecule has 0 fully saturated rings. The number of nitrogens with one attached hydrogen (secondary N) is 1. The normalized spacial score (nSPS) is 10.3. The molecule has 2 rings (SSSR count). The Bertz CT molecular complexity index is 439. The number of ether oxygens (including phenoxy) is 1. The van der Waals surface area contributed by atoms with Crippen molar-refractivity contribution in [2.45, 2.75) is 13.5 Å². The Labute approximate surface area is 102 Å². The summed E-state index contributed by atoms with van der Waals surface area (Å²) in [6, 6.07) is 2.09. The fourth-order valence-corrected chi connectivity index (χ4v) is 2.59. The number of rotatable bonds is 5. The molecule has 0 spiro atoms. The molecule has 4 nitrogen and oxygen atoms in total. The highest BCUT2D eigenvalue weighted by Crippen LogP contribution is 2.35. The molecule has 16 heavy (non-hydrogen) atoms. The first-order valence-corrected chi connectivity index (χ1v) is 6.65. The fourth-order valence-electron chi connectivity index (χ4n) is 1.27. The van der Waals surface area contributed by atoms with Crippen molar-refractivity contribution in [1.29, 1.82) is 0 Å². The van der Waals surface area contributed by atoms with Crippen LogP contribution in [0.1, 0.15) is 12.5 Å². The van der Waals surface area contributed by atoms with Crippen molar-refractivity contribution in [3.63, 3.8) is 0 Å². The number of hydrogen-bond acceptors (Lipinski definition) is 6. The van der Waals surface area contributed by atoms with Crippen molar-refractivity contribution < 1.29 is 4.74 Å². The molecule has 0 unspecified atom stereocenters. The van der Waals surface area contributed by atoms with Crippen molar-refractivity contribution in [2.75, 3.05) is 17.7 Å². The largest absolute Gasteiger partial charge is 0.487 e. The molecule has 0 aliphatic carbocycles. The molecule has 6 heteroatoms. The highest BCUT2D eigenvalue weighted by Gasteiger charge is 2.11. The Morgan fingerprint density at radius 1 is 1.56 bits per heavy atom. The summed E-state index contributed by atoms with van der Waals surface area (Å²) in [7, 11) is 0. The molecule has 86 valence electrons. The van der Waals surface area contributed by atoms with Gasteiger partial charge in [-0.2, -0.15) is 15.7 Å². The molecule has 2 aromatic rings. The van der Waals surface area contributed by atoms with E-state index >= 15 is 0 Å². The summed E-state index contributed by atoms with van der Waals surface area (Å²) in [6.07, 6.45) is 0. The van der Waals surface area contributed by atoms with E-state index in [4.69, 9.17) is 10.5 Å². The smallest absolute Gasteiger partial charge is 0.197 e. The molecule has 2 aromatic heterocycles. The number of nitrogen functional groups attached to an aromatic ring is 1. The molecule has 0 saturated carbocycles. The van der Waals surface area contributed by atoms with E-state index in [1.165, 1.54) is 17.1 Å². The molecule has 2 heterocycles. The zero-order valence-electron chi connectivity index (χ0n) is 8.90. The highest BCUT2D eigenvalue weighted by atomic mass is 32.1. The summed E-state index contributed by atoms with van der Waals surface area (Å²) in [5.74, 6) is 1.13. The minimum atomic E-state index is 0.458. The molecule has 0 amide bonds. The summed E-state index contributed by atoms with van der Waals surface area (Å²) in [5, 5.41) is 8.34. The van der Waals surface area contributed by atoms with Crippen molar-refractivity contribution in [1.82, 2.24) is 4.37 Å². The van der Waals surface area contributed by atoms with E-state index in [0.717, 1.165) is 11.5 Å². The minimum Gasteiger partial charge on any atom is -0.487 e. The second-order valence-electron chi connectivity index (χ2n) is 3.14. The van der Waals surface area contributed by atoms with Gasteiger partial charge in [-0.1, -0.05) is 0 Å². The average Bonchev–Trinajstić information content (AvgIpc) is 2.89. The summed E-state index contributed by atoms with van der Waals surface area (Å²) < 4.78 is 9.51. The lowest BCUT2D eigenvalue weighted by molar-refractivity contribution is 0.344. The Hall–Kier alpha value is -1.27. The topological polar surface area (TPSA) is 60.2 Å². The van der Waals surface area contributed by atoms with E-state index in [-0.39, 0.29) is 0 Å². The van der Waals surface area contributed by atoms with Crippen LogP contribution in [-0.4, -0.2) is 11.0 Å².